The summed E-state index contributed by atoms with van der Waals surface area (Å²) in [5.74, 6) is 0.784. The van der Waals surface area contributed by atoms with E-state index in [0.29, 0.717) is 11.5 Å². The molecule has 4 unspecified atom stereocenters. The van der Waals surface area contributed by atoms with Crippen molar-refractivity contribution in [2.24, 2.45) is 17.1 Å². The first-order valence-corrected chi connectivity index (χ1v) is 7.07. The Labute approximate surface area is 106 Å². The minimum absolute atomic E-state index is 0.362. The summed E-state index contributed by atoms with van der Waals surface area (Å²) in [6.07, 6.45) is 3.85. The molecular weight excluding hydrogens is 210 g/mol. The second-order valence-corrected chi connectivity index (χ2v) is 6.86. The summed E-state index contributed by atoms with van der Waals surface area (Å²) >= 11 is 0. The maximum Gasteiger partial charge on any atom is 0.0254 e. The van der Waals surface area contributed by atoms with E-state index in [0.717, 1.165) is 12.0 Å². The van der Waals surface area contributed by atoms with Gasteiger partial charge in [0.25, 0.3) is 0 Å². The fourth-order valence-electron chi connectivity index (χ4n) is 3.82. The zero-order chi connectivity index (χ0) is 12.6. The van der Waals surface area contributed by atoms with Crippen molar-refractivity contribution in [3.05, 3.63) is 0 Å². The molecule has 3 heteroatoms. The van der Waals surface area contributed by atoms with Crippen LogP contribution in [0.15, 0.2) is 0 Å². The Hall–Kier alpha value is -0.120. The van der Waals surface area contributed by atoms with Crippen molar-refractivity contribution in [2.45, 2.75) is 45.2 Å². The van der Waals surface area contributed by atoms with E-state index in [9.17, 15) is 0 Å². The van der Waals surface area contributed by atoms with E-state index >= 15 is 0 Å². The molecule has 0 bridgehead atoms. The zero-order valence-corrected chi connectivity index (χ0v) is 11.9. The number of nitrogens with zero attached hydrogens (tertiary/aromatic N) is 2. The van der Waals surface area contributed by atoms with E-state index in [4.69, 9.17) is 5.73 Å². The molecule has 2 N–H and O–H groups in total. The van der Waals surface area contributed by atoms with E-state index in [2.05, 4.69) is 37.7 Å². The van der Waals surface area contributed by atoms with Crippen LogP contribution in [0.5, 0.6) is 0 Å². The molecule has 1 saturated carbocycles. The second kappa shape index (κ2) is 4.87. The highest BCUT2D eigenvalue weighted by molar-refractivity contribution is 4.96. The van der Waals surface area contributed by atoms with Gasteiger partial charge in [-0.1, -0.05) is 20.3 Å². The first-order valence-electron chi connectivity index (χ1n) is 7.07. The summed E-state index contributed by atoms with van der Waals surface area (Å²) in [4.78, 5) is 5.02. The topological polar surface area (TPSA) is 32.5 Å². The molecule has 100 valence electrons. The van der Waals surface area contributed by atoms with Gasteiger partial charge in [0.2, 0.25) is 0 Å². The number of hydrogen-bond donors (Lipinski definition) is 1. The number of likely N-dealkylation sites (tertiary alicyclic amines) is 1. The number of rotatable bonds is 3. The fraction of sp³-hybridized carbons (Fsp3) is 1.00. The molecule has 0 aromatic rings. The van der Waals surface area contributed by atoms with Crippen LogP contribution in [0.2, 0.25) is 0 Å². The summed E-state index contributed by atoms with van der Waals surface area (Å²) in [5, 5.41) is 0. The van der Waals surface area contributed by atoms with Gasteiger partial charge in [0.15, 0.2) is 0 Å². The third kappa shape index (κ3) is 2.67. The van der Waals surface area contributed by atoms with Crippen molar-refractivity contribution < 1.29 is 0 Å². The third-order valence-corrected chi connectivity index (χ3v) is 5.05. The predicted octanol–water partition coefficient (Wildman–Crippen LogP) is 1.39. The van der Waals surface area contributed by atoms with E-state index in [-0.39, 0.29) is 0 Å². The van der Waals surface area contributed by atoms with Gasteiger partial charge in [0.05, 0.1) is 0 Å². The van der Waals surface area contributed by atoms with Gasteiger partial charge in [0.1, 0.15) is 0 Å². The molecule has 0 radical (unpaired) electrons. The summed E-state index contributed by atoms with van der Waals surface area (Å²) in [6.45, 7) is 8.42. The normalized spacial score (nSPS) is 43.8. The molecule has 3 nitrogen and oxygen atoms in total. The molecule has 1 saturated heterocycles. The Morgan fingerprint density at radius 1 is 1.35 bits per heavy atom. The van der Waals surface area contributed by atoms with Crippen LogP contribution in [-0.2, 0) is 0 Å². The smallest absolute Gasteiger partial charge is 0.0254 e. The SMILES string of the molecule is CC1CN(CC2(C)CCCC2N)CC1N(C)C. The van der Waals surface area contributed by atoms with Crippen LogP contribution in [0.3, 0.4) is 0 Å². The molecule has 1 aliphatic carbocycles. The Morgan fingerprint density at radius 2 is 2.06 bits per heavy atom. The Bertz CT molecular complexity index is 266. The molecule has 0 amide bonds. The lowest BCUT2D eigenvalue weighted by Crippen LogP contribution is -2.44. The lowest BCUT2D eigenvalue weighted by molar-refractivity contribution is 0.167. The molecular formula is C14H29N3. The molecule has 0 aromatic heterocycles. The van der Waals surface area contributed by atoms with Crippen molar-refractivity contribution in [3.8, 4) is 0 Å². The highest BCUT2D eigenvalue weighted by Gasteiger charge is 2.40. The first kappa shape index (κ1) is 13.3. The third-order valence-electron chi connectivity index (χ3n) is 5.05. The number of nitrogens with two attached hydrogens (primary N) is 1. The standard InChI is InChI=1S/C14H29N3/c1-11-8-17(9-12(11)16(3)4)10-14(2)7-5-6-13(14)15/h11-13H,5-10,15H2,1-4H3. The van der Waals surface area contributed by atoms with Crippen molar-refractivity contribution in [3.63, 3.8) is 0 Å². The van der Waals surface area contributed by atoms with Gasteiger partial charge in [-0.15, -0.1) is 0 Å². The van der Waals surface area contributed by atoms with E-state index in [1.807, 2.05) is 0 Å². The molecule has 4 atom stereocenters. The van der Waals surface area contributed by atoms with Crippen LogP contribution in [0.4, 0.5) is 0 Å². The number of likely N-dealkylation sites (N-methyl/N-ethyl adjacent to an activating group) is 1. The average Bonchev–Trinajstić information content (AvgIpc) is 2.72. The minimum atomic E-state index is 0.362. The Balaban J connectivity index is 1.93. The van der Waals surface area contributed by atoms with Crippen molar-refractivity contribution in [1.29, 1.82) is 0 Å². The van der Waals surface area contributed by atoms with Gasteiger partial charge in [-0.25, -0.2) is 0 Å². The summed E-state index contributed by atoms with van der Waals surface area (Å²) in [7, 11) is 4.40. The average molecular weight is 239 g/mol. The van der Waals surface area contributed by atoms with Crippen LogP contribution in [-0.4, -0.2) is 55.6 Å². The molecule has 0 aromatic carbocycles. The van der Waals surface area contributed by atoms with Gasteiger partial charge in [-0.2, -0.15) is 0 Å². The molecule has 1 heterocycles. The molecule has 17 heavy (non-hydrogen) atoms. The minimum Gasteiger partial charge on any atom is -0.327 e. The molecule has 2 rings (SSSR count). The molecule has 2 aliphatic rings. The zero-order valence-electron chi connectivity index (χ0n) is 11.9. The molecule has 0 spiro atoms. The highest BCUT2D eigenvalue weighted by atomic mass is 15.2. The van der Waals surface area contributed by atoms with E-state index < -0.39 is 0 Å². The quantitative estimate of drug-likeness (QED) is 0.808. The predicted molar refractivity (Wildman–Crippen MR) is 73.0 cm³/mol. The fourth-order valence-corrected chi connectivity index (χ4v) is 3.82. The van der Waals surface area contributed by atoms with E-state index in [1.165, 1.54) is 38.9 Å². The summed E-state index contributed by atoms with van der Waals surface area (Å²) in [6, 6.07) is 1.13. The molecule has 1 aliphatic heterocycles. The summed E-state index contributed by atoms with van der Waals surface area (Å²) in [5.41, 5.74) is 6.65. The van der Waals surface area contributed by atoms with Gasteiger partial charge < -0.3 is 15.5 Å². The van der Waals surface area contributed by atoms with E-state index in [1.54, 1.807) is 0 Å². The van der Waals surface area contributed by atoms with Crippen molar-refractivity contribution in [1.82, 2.24) is 9.80 Å². The Morgan fingerprint density at radius 3 is 2.53 bits per heavy atom. The maximum absolute atomic E-state index is 6.28. The largest absolute Gasteiger partial charge is 0.327 e. The van der Waals surface area contributed by atoms with Crippen molar-refractivity contribution >= 4 is 0 Å². The van der Waals surface area contributed by atoms with Gasteiger partial charge in [-0.3, -0.25) is 0 Å². The van der Waals surface area contributed by atoms with Gasteiger partial charge in [-0.05, 0) is 38.3 Å². The van der Waals surface area contributed by atoms with Crippen LogP contribution in [0.1, 0.15) is 33.1 Å². The lowest BCUT2D eigenvalue weighted by Gasteiger charge is -2.34. The summed E-state index contributed by atoms with van der Waals surface area (Å²) < 4.78 is 0. The van der Waals surface area contributed by atoms with Crippen LogP contribution >= 0.6 is 0 Å². The lowest BCUT2D eigenvalue weighted by atomic mass is 9.84. The van der Waals surface area contributed by atoms with Crippen LogP contribution in [0.25, 0.3) is 0 Å². The Kier molecular flexibility index (Phi) is 3.81. The van der Waals surface area contributed by atoms with Gasteiger partial charge >= 0.3 is 0 Å². The second-order valence-electron chi connectivity index (χ2n) is 6.86. The molecule has 2 fully saturated rings. The maximum atomic E-state index is 6.28. The van der Waals surface area contributed by atoms with Crippen LogP contribution < -0.4 is 5.73 Å². The number of hydrogen-bond acceptors (Lipinski definition) is 3. The van der Waals surface area contributed by atoms with Gasteiger partial charge in [0, 0.05) is 31.7 Å². The highest BCUT2D eigenvalue weighted by Crippen LogP contribution is 2.38. The first-order chi connectivity index (χ1) is 7.92. The monoisotopic (exact) mass is 239 g/mol. The van der Waals surface area contributed by atoms with Crippen LogP contribution in [0, 0.1) is 11.3 Å². The van der Waals surface area contributed by atoms with Crippen molar-refractivity contribution in [2.75, 3.05) is 33.7 Å².